The minimum atomic E-state index is -0.0327. The van der Waals surface area contributed by atoms with Crippen molar-refractivity contribution in [3.63, 3.8) is 0 Å². The summed E-state index contributed by atoms with van der Waals surface area (Å²) in [6.07, 6.45) is 2.26. The van der Waals surface area contributed by atoms with Crippen LogP contribution in [0.4, 0.5) is 5.69 Å². The Morgan fingerprint density at radius 2 is 2.00 bits per heavy atom. The van der Waals surface area contributed by atoms with Crippen molar-refractivity contribution in [1.82, 2.24) is 5.32 Å². The van der Waals surface area contributed by atoms with Gasteiger partial charge in [0.05, 0.1) is 13.7 Å². The maximum absolute atomic E-state index is 11.8. The number of methoxy groups -OCH3 is 1. The van der Waals surface area contributed by atoms with Crippen molar-refractivity contribution >= 4 is 11.6 Å². The zero-order valence-electron chi connectivity index (χ0n) is 14.3. The monoisotopic (exact) mass is 314 g/mol. The van der Waals surface area contributed by atoms with Gasteiger partial charge in [-0.25, -0.2) is 0 Å². The van der Waals surface area contributed by atoms with Crippen LogP contribution < -0.4 is 27.8 Å². The van der Waals surface area contributed by atoms with Crippen LogP contribution in [-0.2, 0) is 4.79 Å². The molecule has 5 heteroatoms. The molecule has 0 spiro atoms. The maximum Gasteiger partial charge on any atom is 1.00 e. The molecule has 1 atom stereocenters. The van der Waals surface area contributed by atoms with E-state index in [4.69, 9.17) is 4.74 Å². The molecule has 120 valence electrons. The molecule has 0 fully saturated rings. The van der Waals surface area contributed by atoms with Crippen LogP contribution in [0.25, 0.3) is 0 Å². The lowest BCUT2D eigenvalue weighted by Crippen LogP contribution is -3.00. The molecule has 1 aromatic rings. The van der Waals surface area contributed by atoms with Gasteiger partial charge in [0.2, 0.25) is 5.91 Å². The predicted molar refractivity (Wildman–Crippen MR) is 84.3 cm³/mol. The number of anilines is 1. The topological polar surface area (TPSA) is 50.4 Å². The molecule has 0 aliphatic rings. The molecule has 1 rings (SSSR count). The molecule has 0 bridgehead atoms. The number of nitrogens with one attached hydrogen (secondary N) is 2. The normalized spacial score (nSPS) is 11.7. The van der Waals surface area contributed by atoms with Gasteiger partial charge >= 0.3 is 1.43 Å². The summed E-state index contributed by atoms with van der Waals surface area (Å²) in [5.74, 6) is 1.40. The van der Waals surface area contributed by atoms with E-state index in [-0.39, 0.29) is 19.7 Å². The van der Waals surface area contributed by atoms with Crippen molar-refractivity contribution in [2.24, 2.45) is 5.92 Å². The van der Waals surface area contributed by atoms with E-state index in [0.717, 1.165) is 17.9 Å². The van der Waals surface area contributed by atoms with Crippen molar-refractivity contribution in [2.45, 2.75) is 39.7 Å². The molecule has 4 nitrogen and oxygen atoms in total. The molecule has 21 heavy (non-hydrogen) atoms. The van der Waals surface area contributed by atoms with Crippen molar-refractivity contribution in [1.29, 1.82) is 0 Å². The molecule has 1 amide bonds. The summed E-state index contributed by atoms with van der Waals surface area (Å²) in [4.78, 5) is 11.8. The highest BCUT2D eigenvalue weighted by molar-refractivity contribution is 5.92. The summed E-state index contributed by atoms with van der Waals surface area (Å²) >= 11 is 0. The molecule has 0 saturated carbocycles. The van der Waals surface area contributed by atoms with Gasteiger partial charge in [-0.1, -0.05) is 19.9 Å². The van der Waals surface area contributed by atoms with E-state index in [2.05, 4.69) is 31.4 Å². The van der Waals surface area contributed by atoms with Gasteiger partial charge in [0.1, 0.15) is 5.75 Å². The van der Waals surface area contributed by atoms with Gasteiger partial charge in [-0.2, -0.15) is 0 Å². The molecule has 2 N–H and O–H groups in total. The van der Waals surface area contributed by atoms with Crippen LogP contribution in [0.15, 0.2) is 24.3 Å². The number of hydrogen-bond acceptors (Lipinski definition) is 3. The number of benzene rings is 1. The van der Waals surface area contributed by atoms with Gasteiger partial charge in [0, 0.05) is 17.8 Å². The summed E-state index contributed by atoms with van der Waals surface area (Å²) in [7, 11) is 1.61. The molecule has 0 aromatic heterocycles. The standard InChI is InChI=1S/C16H26N2O2.ClH/c1-12(2)8-9-13(3)17-11-16(19)18-14-6-5-7-15(10-14)20-4;/h5-7,10,12-13,17H,8-9,11H2,1-4H3,(H,18,19);1H. The fourth-order valence-electron chi connectivity index (χ4n) is 1.86. The van der Waals surface area contributed by atoms with Crippen molar-refractivity contribution in [3.8, 4) is 5.75 Å². The molecule has 1 unspecified atom stereocenters. The van der Waals surface area contributed by atoms with E-state index < -0.39 is 0 Å². The van der Waals surface area contributed by atoms with E-state index in [1.165, 1.54) is 6.42 Å². The number of amides is 1. The quantitative estimate of drug-likeness (QED) is 0.719. The highest BCUT2D eigenvalue weighted by Gasteiger charge is 2.07. The molecular weight excluding hydrogens is 288 g/mol. The van der Waals surface area contributed by atoms with Gasteiger partial charge in [0.25, 0.3) is 0 Å². The van der Waals surface area contributed by atoms with Crippen molar-refractivity contribution < 1.29 is 23.4 Å². The first-order valence-corrected chi connectivity index (χ1v) is 7.18. The first kappa shape index (κ1) is 19.7. The Balaban J connectivity index is 0. The molecule has 0 aliphatic heterocycles. The molecule has 0 radical (unpaired) electrons. The lowest BCUT2D eigenvalue weighted by atomic mass is 10.0. The van der Waals surface area contributed by atoms with E-state index in [1.54, 1.807) is 13.2 Å². The van der Waals surface area contributed by atoms with Gasteiger partial charge in [-0.15, -0.1) is 0 Å². The van der Waals surface area contributed by atoms with Gasteiger partial charge in [-0.05, 0) is 37.8 Å². The summed E-state index contributed by atoms with van der Waals surface area (Å²) in [5.41, 5.74) is 0.756. The lowest BCUT2D eigenvalue weighted by Gasteiger charge is -2.15. The van der Waals surface area contributed by atoms with Crippen molar-refractivity contribution in [3.05, 3.63) is 24.3 Å². The summed E-state index contributed by atoms with van der Waals surface area (Å²) in [6, 6.07) is 7.71. The molecule has 0 aliphatic carbocycles. The number of halogens is 1. The maximum atomic E-state index is 11.8. The summed E-state index contributed by atoms with van der Waals surface area (Å²) in [6.45, 7) is 6.86. The highest BCUT2D eigenvalue weighted by atomic mass is 35.5. The highest BCUT2D eigenvalue weighted by Crippen LogP contribution is 2.16. The number of carbonyl (C=O) groups is 1. The Hall–Kier alpha value is -1.26. The van der Waals surface area contributed by atoms with Crippen LogP contribution in [0.1, 0.15) is 35.0 Å². The first-order chi connectivity index (χ1) is 9.51. The average Bonchev–Trinajstić information content (AvgIpc) is 2.43. The SMILES string of the molecule is COc1cccc(NC(=O)CNC(C)CCC(C)C)c1.[Cl-].[H+]. The third-order valence-electron chi connectivity index (χ3n) is 3.14. The largest absolute Gasteiger partial charge is 1.00 e. The van der Waals surface area contributed by atoms with Gasteiger partial charge in [-0.3, -0.25) is 4.79 Å². The number of hydrogen-bond donors (Lipinski definition) is 2. The Morgan fingerprint density at radius 1 is 1.29 bits per heavy atom. The van der Waals surface area contributed by atoms with Crippen LogP contribution >= 0.6 is 0 Å². The average molecular weight is 315 g/mol. The summed E-state index contributed by atoms with van der Waals surface area (Å²) in [5, 5.41) is 6.10. The smallest absolute Gasteiger partial charge is 1.00 e. The zero-order valence-corrected chi connectivity index (χ0v) is 14.0. The Bertz CT molecular complexity index is 430. The second kappa shape index (κ2) is 10.5. The second-order valence-electron chi connectivity index (χ2n) is 5.53. The third-order valence-corrected chi connectivity index (χ3v) is 3.14. The van der Waals surface area contributed by atoms with Crippen LogP contribution in [-0.4, -0.2) is 25.6 Å². The summed E-state index contributed by atoms with van der Waals surface area (Å²) < 4.78 is 5.12. The molecular formula is C16H27ClN2O2. The van der Waals surface area contributed by atoms with Gasteiger partial charge < -0.3 is 27.8 Å². The number of rotatable bonds is 8. The first-order valence-electron chi connectivity index (χ1n) is 7.18. The molecule has 1 aromatic carbocycles. The number of ether oxygens (including phenoxy) is 1. The Morgan fingerprint density at radius 3 is 2.62 bits per heavy atom. The van der Waals surface area contributed by atoms with Crippen molar-refractivity contribution in [2.75, 3.05) is 19.0 Å². The second-order valence-corrected chi connectivity index (χ2v) is 5.53. The predicted octanol–water partition coefficient (Wildman–Crippen LogP) is 0.165. The Kier molecular flexibility index (Phi) is 9.84. The Labute approximate surface area is 135 Å². The lowest BCUT2D eigenvalue weighted by molar-refractivity contribution is -0.115. The van der Waals surface area contributed by atoms with E-state index in [0.29, 0.717) is 18.5 Å². The minimum absolute atomic E-state index is 0. The third kappa shape index (κ3) is 8.58. The van der Waals surface area contributed by atoms with Crippen LogP contribution in [0.3, 0.4) is 0 Å². The van der Waals surface area contributed by atoms with Gasteiger partial charge in [0.15, 0.2) is 0 Å². The van der Waals surface area contributed by atoms with E-state index >= 15 is 0 Å². The molecule has 0 saturated heterocycles. The van der Waals surface area contributed by atoms with Crippen LogP contribution in [0.5, 0.6) is 5.75 Å². The fourth-order valence-corrected chi connectivity index (χ4v) is 1.86. The zero-order chi connectivity index (χ0) is 15.0. The van der Waals surface area contributed by atoms with Crippen LogP contribution in [0, 0.1) is 5.92 Å². The van der Waals surface area contributed by atoms with Crippen LogP contribution in [0.2, 0.25) is 0 Å². The molecule has 0 heterocycles. The van der Waals surface area contributed by atoms with E-state index in [1.807, 2.05) is 18.2 Å². The van der Waals surface area contributed by atoms with E-state index in [9.17, 15) is 4.79 Å². The minimum Gasteiger partial charge on any atom is -1.00 e. The fraction of sp³-hybridized carbons (Fsp3) is 0.562. The number of carbonyl (C=O) groups excluding carboxylic acids is 1.